The molecule has 6 heteroatoms. The normalized spacial score (nSPS) is 16.8. The SMILES string of the molecule is CC(Oc1cccc(F)c1)C(=O)N1CCCNCC1.Cl. The van der Waals surface area contributed by atoms with Crippen molar-refractivity contribution in [3.05, 3.63) is 30.1 Å². The number of nitrogens with one attached hydrogen (secondary N) is 1. The summed E-state index contributed by atoms with van der Waals surface area (Å²) in [6, 6.07) is 5.85. The highest BCUT2D eigenvalue weighted by Gasteiger charge is 2.22. The fourth-order valence-corrected chi connectivity index (χ4v) is 2.12. The van der Waals surface area contributed by atoms with Crippen molar-refractivity contribution in [2.75, 3.05) is 26.2 Å². The van der Waals surface area contributed by atoms with Gasteiger partial charge in [-0.15, -0.1) is 12.4 Å². The summed E-state index contributed by atoms with van der Waals surface area (Å²) in [5.74, 6) is -0.0297. The van der Waals surface area contributed by atoms with Crippen molar-refractivity contribution in [3.63, 3.8) is 0 Å². The fraction of sp³-hybridized carbons (Fsp3) is 0.500. The molecule has 1 aliphatic rings. The molecule has 1 fully saturated rings. The Bertz CT molecular complexity index is 437. The van der Waals surface area contributed by atoms with Crippen molar-refractivity contribution >= 4 is 18.3 Å². The number of carbonyl (C=O) groups is 1. The van der Waals surface area contributed by atoms with Crippen LogP contribution in [0.25, 0.3) is 0 Å². The minimum atomic E-state index is -0.597. The Labute approximate surface area is 124 Å². The summed E-state index contributed by atoms with van der Waals surface area (Å²) in [7, 11) is 0. The second-order valence-electron chi connectivity index (χ2n) is 4.65. The third-order valence-corrected chi connectivity index (χ3v) is 3.11. The van der Waals surface area contributed by atoms with E-state index in [0.717, 1.165) is 26.1 Å². The third-order valence-electron chi connectivity index (χ3n) is 3.11. The lowest BCUT2D eigenvalue weighted by molar-refractivity contribution is -0.137. The first-order valence-corrected chi connectivity index (χ1v) is 6.58. The number of rotatable bonds is 3. The Morgan fingerprint density at radius 2 is 2.20 bits per heavy atom. The van der Waals surface area contributed by atoms with E-state index in [2.05, 4.69) is 5.32 Å². The van der Waals surface area contributed by atoms with Gasteiger partial charge in [-0.25, -0.2) is 4.39 Å². The van der Waals surface area contributed by atoms with E-state index in [1.54, 1.807) is 24.0 Å². The van der Waals surface area contributed by atoms with Gasteiger partial charge in [0.15, 0.2) is 6.10 Å². The van der Waals surface area contributed by atoms with Gasteiger partial charge in [0, 0.05) is 25.7 Å². The van der Waals surface area contributed by atoms with Gasteiger partial charge in [-0.1, -0.05) is 6.07 Å². The maximum atomic E-state index is 13.0. The molecule has 0 aromatic heterocycles. The lowest BCUT2D eigenvalue weighted by Crippen LogP contribution is -2.42. The zero-order valence-electron chi connectivity index (χ0n) is 11.5. The Morgan fingerprint density at radius 3 is 2.95 bits per heavy atom. The Kier molecular flexibility index (Phi) is 6.75. The van der Waals surface area contributed by atoms with Crippen LogP contribution in [0, 0.1) is 5.82 Å². The third kappa shape index (κ3) is 4.65. The fourth-order valence-electron chi connectivity index (χ4n) is 2.12. The van der Waals surface area contributed by atoms with Crippen LogP contribution >= 0.6 is 12.4 Å². The lowest BCUT2D eigenvalue weighted by Gasteiger charge is -2.24. The van der Waals surface area contributed by atoms with Crippen LogP contribution < -0.4 is 10.1 Å². The number of nitrogens with zero attached hydrogens (tertiary/aromatic N) is 1. The van der Waals surface area contributed by atoms with E-state index in [1.165, 1.54) is 12.1 Å². The van der Waals surface area contributed by atoms with Crippen LogP contribution in [-0.4, -0.2) is 43.1 Å². The summed E-state index contributed by atoms with van der Waals surface area (Å²) in [4.78, 5) is 14.0. The van der Waals surface area contributed by atoms with E-state index in [1.807, 2.05) is 0 Å². The highest BCUT2D eigenvalue weighted by molar-refractivity contribution is 5.85. The quantitative estimate of drug-likeness (QED) is 0.926. The van der Waals surface area contributed by atoms with Crippen LogP contribution in [0.4, 0.5) is 4.39 Å². The minimum Gasteiger partial charge on any atom is -0.481 e. The largest absolute Gasteiger partial charge is 0.481 e. The number of hydrogen-bond acceptors (Lipinski definition) is 3. The summed E-state index contributed by atoms with van der Waals surface area (Å²) in [6.07, 6.45) is 0.346. The number of ether oxygens (including phenoxy) is 1. The molecular formula is C14H20ClFN2O2. The van der Waals surface area contributed by atoms with E-state index >= 15 is 0 Å². The van der Waals surface area contributed by atoms with Crippen LogP contribution in [0.15, 0.2) is 24.3 Å². The number of carbonyl (C=O) groups excluding carboxylic acids is 1. The summed E-state index contributed by atoms with van der Waals surface area (Å²) in [6.45, 7) is 4.87. The molecule has 1 aliphatic heterocycles. The van der Waals surface area contributed by atoms with Crippen LogP contribution in [0.3, 0.4) is 0 Å². The minimum absolute atomic E-state index is 0. The van der Waals surface area contributed by atoms with Gasteiger partial charge in [0.05, 0.1) is 0 Å². The molecule has 2 rings (SSSR count). The molecule has 1 aromatic carbocycles. The summed E-state index contributed by atoms with van der Waals surface area (Å²) in [5, 5.41) is 3.24. The number of amides is 1. The lowest BCUT2D eigenvalue weighted by atomic mass is 10.3. The van der Waals surface area contributed by atoms with E-state index in [-0.39, 0.29) is 24.1 Å². The maximum absolute atomic E-state index is 13.0. The van der Waals surface area contributed by atoms with Crippen molar-refractivity contribution < 1.29 is 13.9 Å². The van der Waals surface area contributed by atoms with Gasteiger partial charge in [0.1, 0.15) is 11.6 Å². The molecule has 1 aromatic rings. The molecule has 1 amide bonds. The van der Waals surface area contributed by atoms with Crippen molar-refractivity contribution in [3.8, 4) is 5.75 Å². The predicted molar refractivity (Wildman–Crippen MR) is 77.8 cm³/mol. The molecule has 1 N–H and O–H groups in total. The molecule has 1 unspecified atom stereocenters. The van der Waals surface area contributed by atoms with E-state index in [4.69, 9.17) is 4.74 Å². The summed E-state index contributed by atoms with van der Waals surface area (Å²) < 4.78 is 18.5. The molecular weight excluding hydrogens is 283 g/mol. The molecule has 0 aliphatic carbocycles. The summed E-state index contributed by atoms with van der Waals surface area (Å²) >= 11 is 0. The second kappa shape index (κ2) is 8.07. The highest BCUT2D eigenvalue weighted by Crippen LogP contribution is 2.15. The first-order chi connectivity index (χ1) is 9.16. The van der Waals surface area contributed by atoms with Crippen LogP contribution in [0.1, 0.15) is 13.3 Å². The smallest absolute Gasteiger partial charge is 0.263 e. The average molecular weight is 303 g/mol. The van der Waals surface area contributed by atoms with E-state index < -0.39 is 6.10 Å². The van der Waals surface area contributed by atoms with Crippen LogP contribution in [0.2, 0.25) is 0 Å². The number of benzene rings is 1. The van der Waals surface area contributed by atoms with Gasteiger partial charge in [-0.2, -0.15) is 0 Å². The second-order valence-corrected chi connectivity index (χ2v) is 4.65. The average Bonchev–Trinajstić information content (AvgIpc) is 2.66. The van der Waals surface area contributed by atoms with Gasteiger partial charge in [-0.05, 0) is 32.0 Å². The van der Waals surface area contributed by atoms with Crippen molar-refractivity contribution in [2.24, 2.45) is 0 Å². The first kappa shape index (κ1) is 16.7. The Hall–Kier alpha value is -1.33. The topological polar surface area (TPSA) is 41.6 Å². The molecule has 0 bridgehead atoms. The van der Waals surface area contributed by atoms with Gasteiger partial charge in [-0.3, -0.25) is 4.79 Å². The Balaban J connectivity index is 0.00000200. The molecule has 0 spiro atoms. The van der Waals surface area contributed by atoms with Gasteiger partial charge >= 0.3 is 0 Å². The van der Waals surface area contributed by atoms with Crippen LogP contribution in [0.5, 0.6) is 5.75 Å². The van der Waals surface area contributed by atoms with Crippen molar-refractivity contribution in [1.82, 2.24) is 10.2 Å². The number of hydrogen-bond donors (Lipinski definition) is 1. The zero-order valence-corrected chi connectivity index (χ0v) is 12.3. The van der Waals surface area contributed by atoms with Gasteiger partial charge < -0.3 is 15.0 Å². The molecule has 20 heavy (non-hydrogen) atoms. The Morgan fingerprint density at radius 1 is 1.40 bits per heavy atom. The van der Waals surface area contributed by atoms with Crippen LogP contribution in [-0.2, 0) is 4.79 Å². The van der Waals surface area contributed by atoms with Crippen molar-refractivity contribution in [2.45, 2.75) is 19.4 Å². The molecule has 0 radical (unpaired) electrons. The summed E-state index contributed by atoms with van der Waals surface area (Å²) in [5.41, 5.74) is 0. The van der Waals surface area contributed by atoms with E-state index in [0.29, 0.717) is 12.3 Å². The first-order valence-electron chi connectivity index (χ1n) is 6.58. The highest BCUT2D eigenvalue weighted by atomic mass is 35.5. The molecule has 112 valence electrons. The van der Waals surface area contributed by atoms with Gasteiger partial charge in [0.2, 0.25) is 0 Å². The zero-order chi connectivity index (χ0) is 13.7. The van der Waals surface area contributed by atoms with Crippen molar-refractivity contribution in [1.29, 1.82) is 0 Å². The molecule has 1 heterocycles. The molecule has 1 atom stereocenters. The maximum Gasteiger partial charge on any atom is 0.263 e. The van der Waals surface area contributed by atoms with Gasteiger partial charge in [0.25, 0.3) is 5.91 Å². The monoisotopic (exact) mass is 302 g/mol. The standard InChI is InChI=1S/C14H19FN2O2.ClH/c1-11(19-13-5-2-4-12(15)10-13)14(18)17-8-3-6-16-7-9-17;/h2,4-5,10-11,16H,3,6-9H2,1H3;1H. The molecule has 0 saturated carbocycles. The van der Waals surface area contributed by atoms with E-state index in [9.17, 15) is 9.18 Å². The molecule has 1 saturated heterocycles. The predicted octanol–water partition coefficient (Wildman–Crippen LogP) is 1.84. The number of halogens is 2. The molecule has 4 nitrogen and oxygen atoms in total.